The third-order valence-electron chi connectivity index (χ3n) is 3.74. The topological polar surface area (TPSA) is 61.4 Å². The molecular weight excluding hydrogens is 299 g/mol. The SMILES string of the molecule is Cc1c(CNC(=O)C2CNC(=O)N2C)cccc1C(F)(F)F. The van der Waals surface area contributed by atoms with Gasteiger partial charge in [-0.15, -0.1) is 0 Å². The van der Waals surface area contributed by atoms with Crippen LogP contribution in [0, 0.1) is 6.92 Å². The van der Waals surface area contributed by atoms with E-state index in [9.17, 15) is 22.8 Å². The lowest BCUT2D eigenvalue weighted by molar-refractivity contribution is -0.138. The highest BCUT2D eigenvalue weighted by Gasteiger charge is 2.34. The van der Waals surface area contributed by atoms with Crippen LogP contribution in [0.4, 0.5) is 18.0 Å². The molecule has 1 aromatic carbocycles. The molecule has 120 valence electrons. The van der Waals surface area contributed by atoms with Gasteiger partial charge in [-0.1, -0.05) is 12.1 Å². The summed E-state index contributed by atoms with van der Waals surface area (Å²) in [6.07, 6.45) is -4.42. The Morgan fingerprint density at radius 2 is 2.14 bits per heavy atom. The number of likely N-dealkylation sites (N-methyl/N-ethyl adjacent to an activating group) is 1. The molecule has 0 radical (unpaired) electrons. The zero-order valence-electron chi connectivity index (χ0n) is 12.1. The summed E-state index contributed by atoms with van der Waals surface area (Å²) in [5.41, 5.74) is -0.235. The summed E-state index contributed by atoms with van der Waals surface area (Å²) in [4.78, 5) is 24.5. The minimum absolute atomic E-state index is 0.0207. The van der Waals surface area contributed by atoms with Gasteiger partial charge in [0.25, 0.3) is 0 Å². The van der Waals surface area contributed by atoms with Crippen LogP contribution in [0.2, 0.25) is 0 Å². The Balaban J connectivity index is 2.06. The van der Waals surface area contributed by atoms with Gasteiger partial charge >= 0.3 is 12.2 Å². The molecule has 22 heavy (non-hydrogen) atoms. The summed E-state index contributed by atoms with van der Waals surface area (Å²) >= 11 is 0. The van der Waals surface area contributed by atoms with Crippen molar-refractivity contribution in [2.75, 3.05) is 13.6 Å². The van der Waals surface area contributed by atoms with Gasteiger partial charge in [-0.2, -0.15) is 13.2 Å². The minimum Gasteiger partial charge on any atom is -0.350 e. The van der Waals surface area contributed by atoms with E-state index in [1.165, 1.54) is 31.0 Å². The molecule has 0 spiro atoms. The minimum atomic E-state index is -4.42. The molecule has 0 bridgehead atoms. The second kappa shape index (κ2) is 5.86. The second-order valence-corrected chi connectivity index (χ2v) is 5.12. The molecule has 1 aliphatic heterocycles. The largest absolute Gasteiger partial charge is 0.416 e. The van der Waals surface area contributed by atoms with E-state index < -0.39 is 23.7 Å². The molecule has 8 heteroatoms. The Kier molecular flexibility index (Phi) is 4.30. The van der Waals surface area contributed by atoms with Gasteiger partial charge in [0.1, 0.15) is 6.04 Å². The number of carbonyl (C=O) groups is 2. The Bertz CT molecular complexity index is 601. The van der Waals surface area contributed by atoms with E-state index in [0.29, 0.717) is 5.56 Å². The fourth-order valence-corrected chi connectivity index (χ4v) is 2.34. The molecule has 3 amide bonds. The summed E-state index contributed by atoms with van der Waals surface area (Å²) in [5.74, 6) is -0.405. The third-order valence-corrected chi connectivity index (χ3v) is 3.74. The van der Waals surface area contributed by atoms with E-state index in [4.69, 9.17) is 0 Å². The summed E-state index contributed by atoms with van der Waals surface area (Å²) in [7, 11) is 1.49. The van der Waals surface area contributed by atoms with Crippen molar-refractivity contribution in [2.24, 2.45) is 0 Å². The monoisotopic (exact) mass is 315 g/mol. The van der Waals surface area contributed by atoms with Crippen LogP contribution < -0.4 is 10.6 Å². The average Bonchev–Trinajstić information content (AvgIpc) is 2.76. The lowest BCUT2D eigenvalue weighted by Crippen LogP contribution is -2.43. The number of nitrogens with one attached hydrogen (secondary N) is 2. The fourth-order valence-electron chi connectivity index (χ4n) is 2.34. The number of urea groups is 1. The molecule has 1 heterocycles. The van der Waals surface area contributed by atoms with Crippen LogP contribution in [-0.4, -0.2) is 36.5 Å². The number of alkyl halides is 3. The maximum absolute atomic E-state index is 12.8. The van der Waals surface area contributed by atoms with Gasteiger partial charge < -0.3 is 15.5 Å². The smallest absolute Gasteiger partial charge is 0.350 e. The zero-order valence-corrected chi connectivity index (χ0v) is 12.1. The van der Waals surface area contributed by atoms with Gasteiger partial charge in [0, 0.05) is 20.1 Å². The van der Waals surface area contributed by atoms with Gasteiger partial charge in [0.2, 0.25) is 5.91 Å². The first-order valence-electron chi connectivity index (χ1n) is 6.66. The lowest BCUT2D eigenvalue weighted by Gasteiger charge is -2.18. The van der Waals surface area contributed by atoms with Crippen LogP contribution in [-0.2, 0) is 17.5 Å². The normalized spacial score (nSPS) is 18.3. The Labute approximate surface area is 125 Å². The van der Waals surface area contributed by atoms with E-state index in [-0.39, 0.29) is 24.7 Å². The summed E-state index contributed by atoms with van der Waals surface area (Å²) < 4.78 is 38.5. The van der Waals surface area contributed by atoms with E-state index in [0.717, 1.165) is 6.07 Å². The summed E-state index contributed by atoms with van der Waals surface area (Å²) in [5, 5.41) is 5.09. The quantitative estimate of drug-likeness (QED) is 0.891. The maximum Gasteiger partial charge on any atom is 0.416 e. The first-order chi connectivity index (χ1) is 10.2. The highest BCUT2D eigenvalue weighted by molar-refractivity contribution is 5.90. The van der Waals surface area contributed by atoms with Crippen molar-refractivity contribution >= 4 is 11.9 Å². The van der Waals surface area contributed by atoms with E-state index in [2.05, 4.69) is 10.6 Å². The number of rotatable bonds is 3. The highest BCUT2D eigenvalue weighted by atomic mass is 19.4. The fraction of sp³-hybridized carbons (Fsp3) is 0.429. The van der Waals surface area contributed by atoms with Gasteiger partial charge in [-0.25, -0.2) is 4.79 Å². The van der Waals surface area contributed by atoms with Crippen molar-refractivity contribution < 1.29 is 22.8 Å². The van der Waals surface area contributed by atoms with Crippen LogP contribution in [0.5, 0.6) is 0 Å². The molecule has 1 fully saturated rings. The molecule has 1 saturated heterocycles. The summed E-state index contributed by atoms with van der Waals surface area (Å²) in [6.45, 7) is 1.53. The first kappa shape index (κ1) is 16.1. The van der Waals surface area contributed by atoms with Crippen LogP contribution in [0.3, 0.4) is 0 Å². The van der Waals surface area contributed by atoms with E-state index in [1.54, 1.807) is 0 Å². The molecule has 0 aromatic heterocycles. The van der Waals surface area contributed by atoms with Crippen molar-refractivity contribution in [3.05, 3.63) is 34.9 Å². The number of nitrogens with zero attached hydrogens (tertiary/aromatic N) is 1. The predicted molar refractivity (Wildman–Crippen MR) is 73.0 cm³/mol. The molecule has 1 aliphatic rings. The predicted octanol–water partition coefficient (Wildman–Crippen LogP) is 1.65. The maximum atomic E-state index is 12.8. The number of benzene rings is 1. The molecule has 1 atom stereocenters. The summed E-state index contributed by atoms with van der Waals surface area (Å²) in [6, 6.07) is 2.85. The average molecular weight is 315 g/mol. The molecule has 5 nitrogen and oxygen atoms in total. The van der Waals surface area contributed by atoms with Crippen LogP contribution in [0.25, 0.3) is 0 Å². The van der Waals surface area contributed by atoms with Crippen molar-refractivity contribution in [1.82, 2.24) is 15.5 Å². The molecule has 2 rings (SSSR count). The number of hydrogen-bond donors (Lipinski definition) is 2. The molecule has 0 saturated carbocycles. The number of amides is 3. The van der Waals surface area contributed by atoms with Gasteiger partial charge in [-0.3, -0.25) is 4.79 Å². The number of halogens is 3. The Hall–Kier alpha value is -2.25. The number of carbonyl (C=O) groups excluding carboxylic acids is 2. The van der Waals surface area contributed by atoms with Crippen molar-refractivity contribution in [3.8, 4) is 0 Å². The Morgan fingerprint density at radius 1 is 1.45 bits per heavy atom. The standard InChI is InChI=1S/C14H16F3N3O2/c1-8-9(4-3-5-10(8)14(15,16)17)6-18-12(21)11-7-19-13(22)20(11)2/h3-5,11H,6-7H2,1-2H3,(H,18,21)(H,19,22). The van der Waals surface area contributed by atoms with Crippen molar-refractivity contribution in [3.63, 3.8) is 0 Å². The zero-order chi connectivity index (χ0) is 16.5. The third kappa shape index (κ3) is 3.15. The van der Waals surface area contributed by atoms with Crippen LogP contribution in [0.1, 0.15) is 16.7 Å². The molecular formula is C14H16F3N3O2. The van der Waals surface area contributed by atoms with Crippen LogP contribution in [0.15, 0.2) is 18.2 Å². The van der Waals surface area contributed by atoms with Crippen molar-refractivity contribution in [1.29, 1.82) is 0 Å². The van der Waals surface area contributed by atoms with Crippen molar-refractivity contribution in [2.45, 2.75) is 25.7 Å². The van der Waals surface area contributed by atoms with Gasteiger partial charge in [0.15, 0.2) is 0 Å². The van der Waals surface area contributed by atoms with E-state index >= 15 is 0 Å². The Morgan fingerprint density at radius 3 is 2.68 bits per heavy atom. The second-order valence-electron chi connectivity index (χ2n) is 5.12. The van der Waals surface area contributed by atoms with E-state index in [1.807, 2.05) is 0 Å². The van der Waals surface area contributed by atoms with Gasteiger partial charge in [0.05, 0.1) is 5.56 Å². The molecule has 1 unspecified atom stereocenters. The molecule has 0 aliphatic carbocycles. The molecule has 2 N–H and O–H groups in total. The number of hydrogen-bond acceptors (Lipinski definition) is 2. The lowest BCUT2D eigenvalue weighted by atomic mass is 10.0. The van der Waals surface area contributed by atoms with Crippen LogP contribution >= 0.6 is 0 Å². The first-order valence-corrected chi connectivity index (χ1v) is 6.66. The van der Waals surface area contributed by atoms with Gasteiger partial charge in [-0.05, 0) is 24.1 Å². The highest BCUT2D eigenvalue weighted by Crippen LogP contribution is 2.32. The molecule has 1 aromatic rings.